The van der Waals surface area contributed by atoms with Crippen molar-refractivity contribution in [3.05, 3.63) is 64.7 Å². The number of hydrogen-bond acceptors (Lipinski definition) is 3. The van der Waals surface area contributed by atoms with E-state index in [1.54, 1.807) is 29.2 Å². The van der Waals surface area contributed by atoms with E-state index in [-0.39, 0.29) is 18.5 Å². The van der Waals surface area contributed by atoms with Gasteiger partial charge in [0, 0.05) is 49.1 Å². The van der Waals surface area contributed by atoms with Gasteiger partial charge in [0.1, 0.15) is 0 Å². The van der Waals surface area contributed by atoms with Crippen LogP contribution in [0.2, 0.25) is 5.02 Å². The Morgan fingerprint density at radius 3 is 2.46 bits per heavy atom. The maximum Gasteiger partial charge on any atom is 0.324 e. The molecular formula is C21H24ClN3O3. The first-order valence-electron chi connectivity index (χ1n) is 9.38. The molecule has 0 aromatic heterocycles. The third-order valence-corrected chi connectivity index (χ3v) is 4.91. The van der Waals surface area contributed by atoms with Gasteiger partial charge >= 0.3 is 6.03 Å². The Morgan fingerprint density at radius 1 is 1.07 bits per heavy atom. The highest BCUT2D eigenvalue weighted by Gasteiger charge is 2.26. The number of nitrogens with one attached hydrogen (secondary N) is 1. The molecule has 3 rings (SSSR count). The fourth-order valence-electron chi connectivity index (χ4n) is 3.15. The summed E-state index contributed by atoms with van der Waals surface area (Å²) in [5, 5.41) is 12.2. The molecule has 1 aliphatic heterocycles. The van der Waals surface area contributed by atoms with Gasteiger partial charge in [-0.1, -0.05) is 23.7 Å². The lowest BCUT2D eigenvalue weighted by Gasteiger charge is -2.35. The van der Waals surface area contributed by atoms with E-state index in [2.05, 4.69) is 5.32 Å². The number of carbonyl (C=O) groups is 2. The number of hydrogen-bond donors (Lipinski definition) is 2. The number of benzene rings is 2. The lowest BCUT2D eigenvalue weighted by Crippen LogP contribution is -2.49. The van der Waals surface area contributed by atoms with Gasteiger partial charge in [0.05, 0.1) is 0 Å². The maximum atomic E-state index is 12.9. The molecule has 0 radical (unpaired) electrons. The molecular weight excluding hydrogens is 378 g/mol. The van der Waals surface area contributed by atoms with E-state index in [1.165, 1.54) is 0 Å². The molecule has 2 aromatic rings. The molecule has 2 N–H and O–H groups in total. The molecule has 2 aromatic carbocycles. The number of urea groups is 1. The van der Waals surface area contributed by atoms with E-state index in [9.17, 15) is 9.59 Å². The lowest BCUT2D eigenvalue weighted by molar-refractivity contribution is 0.0951. The number of amides is 3. The molecule has 1 heterocycles. The highest BCUT2D eigenvalue weighted by atomic mass is 35.5. The van der Waals surface area contributed by atoms with Gasteiger partial charge in [0.25, 0.3) is 5.91 Å². The van der Waals surface area contributed by atoms with Gasteiger partial charge in [-0.2, -0.15) is 0 Å². The average molecular weight is 402 g/mol. The van der Waals surface area contributed by atoms with Gasteiger partial charge in [-0.05, 0) is 54.8 Å². The van der Waals surface area contributed by atoms with E-state index in [0.717, 1.165) is 17.7 Å². The number of aliphatic hydroxyl groups excluding tert-OH is 1. The maximum absolute atomic E-state index is 12.9. The number of carbonyl (C=O) groups excluding carboxylic acids is 2. The first-order valence-corrected chi connectivity index (χ1v) is 9.76. The van der Waals surface area contributed by atoms with E-state index in [4.69, 9.17) is 16.7 Å². The van der Waals surface area contributed by atoms with Crippen LogP contribution < -0.4 is 10.2 Å². The molecule has 0 aliphatic carbocycles. The largest absolute Gasteiger partial charge is 0.396 e. The summed E-state index contributed by atoms with van der Waals surface area (Å²) in [6.07, 6.45) is 1.40. The topological polar surface area (TPSA) is 72.9 Å². The van der Waals surface area contributed by atoms with E-state index in [1.807, 2.05) is 29.2 Å². The minimum Gasteiger partial charge on any atom is -0.396 e. The van der Waals surface area contributed by atoms with Gasteiger partial charge in [0.15, 0.2) is 0 Å². The summed E-state index contributed by atoms with van der Waals surface area (Å²) < 4.78 is 0. The summed E-state index contributed by atoms with van der Waals surface area (Å²) in [6.45, 7) is 2.38. The molecule has 1 aliphatic rings. The van der Waals surface area contributed by atoms with Crippen molar-refractivity contribution in [3.63, 3.8) is 0 Å². The lowest BCUT2D eigenvalue weighted by atomic mass is 10.1. The smallest absolute Gasteiger partial charge is 0.324 e. The Hall–Kier alpha value is -2.57. The highest BCUT2D eigenvalue weighted by molar-refractivity contribution is 6.30. The number of nitrogens with zero attached hydrogens (tertiary/aromatic N) is 2. The van der Waals surface area contributed by atoms with Crippen molar-refractivity contribution in [2.45, 2.75) is 19.4 Å². The van der Waals surface area contributed by atoms with Crippen LogP contribution >= 0.6 is 11.6 Å². The van der Waals surface area contributed by atoms with Crippen molar-refractivity contribution in [1.82, 2.24) is 10.2 Å². The van der Waals surface area contributed by atoms with Crippen LogP contribution in [0, 0.1) is 0 Å². The van der Waals surface area contributed by atoms with Crippen molar-refractivity contribution >= 4 is 29.2 Å². The molecule has 0 spiro atoms. The molecule has 0 saturated carbocycles. The Balaban J connectivity index is 1.64. The number of halogens is 1. The van der Waals surface area contributed by atoms with Gasteiger partial charge in [-0.3, -0.25) is 9.69 Å². The second-order valence-electron chi connectivity index (χ2n) is 6.72. The Morgan fingerprint density at radius 2 is 1.79 bits per heavy atom. The van der Waals surface area contributed by atoms with Crippen molar-refractivity contribution in [2.75, 3.05) is 31.1 Å². The second-order valence-corrected chi connectivity index (χ2v) is 7.15. The summed E-state index contributed by atoms with van der Waals surface area (Å²) >= 11 is 5.93. The van der Waals surface area contributed by atoms with Crippen molar-refractivity contribution in [3.8, 4) is 0 Å². The van der Waals surface area contributed by atoms with Gasteiger partial charge < -0.3 is 15.3 Å². The van der Waals surface area contributed by atoms with Crippen molar-refractivity contribution in [1.29, 1.82) is 0 Å². The van der Waals surface area contributed by atoms with Crippen LogP contribution in [0.5, 0.6) is 0 Å². The third kappa shape index (κ3) is 5.03. The fraction of sp³-hybridized carbons (Fsp3) is 0.333. The molecule has 3 amide bonds. The molecule has 0 unspecified atom stereocenters. The van der Waals surface area contributed by atoms with Gasteiger partial charge in [-0.25, -0.2) is 4.79 Å². The summed E-state index contributed by atoms with van der Waals surface area (Å²) in [5.41, 5.74) is 2.34. The van der Waals surface area contributed by atoms with E-state index in [0.29, 0.717) is 43.2 Å². The van der Waals surface area contributed by atoms with Crippen LogP contribution in [0.1, 0.15) is 28.8 Å². The first-order chi connectivity index (χ1) is 13.6. The fourth-order valence-corrected chi connectivity index (χ4v) is 3.28. The van der Waals surface area contributed by atoms with Crippen molar-refractivity contribution in [2.24, 2.45) is 0 Å². The summed E-state index contributed by atoms with van der Waals surface area (Å²) in [5.74, 6) is -0.186. The van der Waals surface area contributed by atoms with Gasteiger partial charge in [-0.15, -0.1) is 0 Å². The number of anilines is 1. The summed E-state index contributed by atoms with van der Waals surface area (Å²) in [7, 11) is 0. The number of rotatable bonds is 7. The highest BCUT2D eigenvalue weighted by Crippen LogP contribution is 2.22. The summed E-state index contributed by atoms with van der Waals surface area (Å²) in [4.78, 5) is 28.5. The van der Waals surface area contributed by atoms with E-state index >= 15 is 0 Å². The normalized spacial score (nSPS) is 14.3. The molecule has 28 heavy (non-hydrogen) atoms. The predicted octanol–water partition coefficient (Wildman–Crippen LogP) is 3.28. The van der Waals surface area contributed by atoms with Crippen molar-refractivity contribution < 1.29 is 14.7 Å². The zero-order valence-electron chi connectivity index (χ0n) is 15.6. The Kier molecular flexibility index (Phi) is 6.90. The molecule has 0 bridgehead atoms. The molecule has 1 fully saturated rings. The summed E-state index contributed by atoms with van der Waals surface area (Å²) in [6, 6.07) is 14.5. The third-order valence-electron chi connectivity index (χ3n) is 4.66. The molecule has 7 heteroatoms. The second kappa shape index (κ2) is 9.57. The van der Waals surface area contributed by atoms with Crippen LogP contribution in [-0.2, 0) is 6.54 Å². The van der Waals surface area contributed by atoms with Crippen LogP contribution in [0.15, 0.2) is 48.5 Å². The molecule has 1 saturated heterocycles. The van der Waals surface area contributed by atoms with Crippen LogP contribution in [-0.4, -0.2) is 48.2 Å². The minimum absolute atomic E-state index is 0.0404. The molecule has 148 valence electrons. The first kappa shape index (κ1) is 20.2. The van der Waals surface area contributed by atoms with Gasteiger partial charge in [0.2, 0.25) is 0 Å². The standard InChI is InChI=1S/C21H24ClN3O3/c22-18-7-3-16(4-8-18)15-24-12-2-13-25(21(24)28)19-9-5-17(6-10-19)20(27)23-11-1-14-26/h3-10,26H,1-2,11-15H2,(H,23,27). The Bertz CT molecular complexity index is 809. The predicted molar refractivity (Wildman–Crippen MR) is 110 cm³/mol. The van der Waals surface area contributed by atoms with Crippen LogP contribution in [0.4, 0.5) is 10.5 Å². The zero-order chi connectivity index (χ0) is 19.9. The minimum atomic E-state index is -0.186. The molecule has 0 atom stereocenters. The average Bonchev–Trinajstić information content (AvgIpc) is 2.71. The Labute approximate surface area is 169 Å². The zero-order valence-corrected chi connectivity index (χ0v) is 16.4. The van der Waals surface area contributed by atoms with Crippen LogP contribution in [0.25, 0.3) is 0 Å². The molecule has 6 nitrogen and oxygen atoms in total. The van der Waals surface area contributed by atoms with E-state index < -0.39 is 0 Å². The SMILES string of the molecule is O=C(NCCCO)c1ccc(N2CCCN(Cc3ccc(Cl)cc3)C2=O)cc1. The quantitative estimate of drug-likeness (QED) is 0.699. The number of aliphatic hydroxyl groups is 1. The van der Waals surface area contributed by atoms with Crippen LogP contribution in [0.3, 0.4) is 0 Å². The monoisotopic (exact) mass is 401 g/mol.